The number of anilines is 6. The number of nitrogens with zero attached hydrogens (tertiary/aromatic N) is 6. The number of hydrogen-bond donors (Lipinski definition) is 0. The molecule has 6 heteroatoms. The summed E-state index contributed by atoms with van der Waals surface area (Å²) in [5.74, 6) is 0.830. The molecule has 0 N–H and O–H groups in total. The first kappa shape index (κ1) is 39.5. The van der Waals surface area contributed by atoms with Crippen molar-refractivity contribution in [2.75, 3.05) is 9.80 Å². The lowest BCUT2D eigenvalue weighted by molar-refractivity contribution is 0.866. The Morgan fingerprint density at radius 1 is 0.441 bits per heavy atom. The number of hydrogen-bond acceptors (Lipinski definition) is 3. The predicted molar refractivity (Wildman–Crippen MR) is 284 cm³/mol. The molecule has 68 heavy (non-hydrogen) atoms. The molecule has 9 aromatic carbocycles. The molecule has 0 aliphatic heterocycles. The number of fused-ring (bicyclic) bond motifs is 12. The molecule has 6 nitrogen and oxygen atoms in total. The zero-order valence-corrected chi connectivity index (χ0v) is 38.2. The topological polar surface area (TPSA) is 43.5 Å². The molecule has 0 spiro atoms. The molecule has 0 atom stereocenters. The summed E-state index contributed by atoms with van der Waals surface area (Å²) in [7, 11) is 0. The second kappa shape index (κ2) is 14.8. The fraction of sp³-hybridized carbons (Fsp3) is 0.0968. The van der Waals surface area contributed by atoms with E-state index in [2.05, 4.69) is 215 Å². The molecule has 0 saturated carbocycles. The van der Waals surface area contributed by atoms with E-state index in [1.807, 2.05) is 24.3 Å². The Balaban J connectivity index is 1.09. The maximum absolute atomic E-state index is 9.75. The summed E-state index contributed by atoms with van der Waals surface area (Å²) >= 11 is 0. The van der Waals surface area contributed by atoms with Gasteiger partial charge in [0, 0.05) is 65.8 Å². The molecule has 0 fully saturated rings. The van der Waals surface area contributed by atoms with Crippen LogP contribution in [0, 0.1) is 17.9 Å². The Morgan fingerprint density at radius 3 is 1.24 bits per heavy atom. The molecule has 0 amide bonds. The second-order valence-electron chi connectivity index (χ2n) is 18.8. The lowest BCUT2D eigenvalue weighted by atomic mass is 10.0. The highest BCUT2D eigenvalue weighted by Crippen LogP contribution is 2.51. The van der Waals surface area contributed by atoms with Crippen LogP contribution >= 0.6 is 0 Å². The first-order valence-corrected chi connectivity index (χ1v) is 23.4. The van der Waals surface area contributed by atoms with Crippen LogP contribution < -0.4 is 9.80 Å². The van der Waals surface area contributed by atoms with Gasteiger partial charge >= 0.3 is 0 Å². The molecule has 0 radical (unpaired) electrons. The maximum atomic E-state index is 9.75. The molecule has 0 aliphatic carbocycles. The minimum absolute atomic E-state index is 0.414. The van der Waals surface area contributed by atoms with Gasteiger partial charge in [-0.2, -0.15) is 5.26 Å². The molecule has 13 rings (SSSR count). The van der Waals surface area contributed by atoms with E-state index < -0.39 is 0 Å². The van der Waals surface area contributed by atoms with Gasteiger partial charge in [-0.15, -0.1) is 0 Å². The number of para-hydroxylation sites is 2. The molecule has 13 aromatic rings. The van der Waals surface area contributed by atoms with Crippen molar-refractivity contribution in [3.05, 3.63) is 210 Å². The van der Waals surface area contributed by atoms with Crippen molar-refractivity contribution in [3.63, 3.8) is 0 Å². The Labute approximate surface area is 393 Å². The lowest BCUT2D eigenvalue weighted by Gasteiger charge is -2.27. The van der Waals surface area contributed by atoms with E-state index in [1.54, 1.807) is 0 Å². The zero-order chi connectivity index (χ0) is 45.9. The third kappa shape index (κ3) is 5.62. The Morgan fingerprint density at radius 2 is 0.838 bits per heavy atom. The number of aromatic nitrogens is 2. The minimum atomic E-state index is 0.414. The molecule has 0 saturated heterocycles. The van der Waals surface area contributed by atoms with E-state index in [-0.39, 0.29) is 0 Å². The summed E-state index contributed by atoms with van der Waals surface area (Å²) in [5.41, 5.74) is 17.2. The fourth-order valence-corrected chi connectivity index (χ4v) is 11.1. The molecule has 4 aromatic heterocycles. The van der Waals surface area contributed by atoms with E-state index in [9.17, 15) is 5.26 Å². The standard InChI is InChI=1S/C62H44N6/c1-37(2)40-16-24-44(25-17-40)65(43-22-14-39(36-63)15-23-43)55-32-30-47-51-34-58-52(35-57(51)67-53-12-8-6-10-49(53)59(55)61(47)67)48-31-33-56(60-50-11-7-9-13-54(50)68(58)62(48)60)66(46-28-20-42(64-5)21-29-46)45-26-18-41(19-27-45)38(3)4/h6-35,37-38H,1-4H3. The third-order valence-electron chi connectivity index (χ3n) is 14.4. The van der Waals surface area contributed by atoms with Crippen molar-refractivity contribution >= 4 is 116 Å². The zero-order valence-electron chi connectivity index (χ0n) is 38.2. The van der Waals surface area contributed by atoms with Gasteiger partial charge in [-0.3, -0.25) is 0 Å². The van der Waals surface area contributed by atoms with Gasteiger partial charge in [0.15, 0.2) is 5.69 Å². The average molecular weight is 873 g/mol. The highest BCUT2D eigenvalue weighted by molar-refractivity contribution is 6.32. The Kier molecular flexibility index (Phi) is 8.62. The Hall–Kier alpha value is -8.84. The van der Waals surface area contributed by atoms with Crippen molar-refractivity contribution in [3.8, 4) is 6.07 Å². The molecule has 0 unspecified atom stereocenters. The van der Waals surface area contributed by atoms with Gasteiger partial charge < -0.3 is 18.6 Å². The van der Waals surface area contributed by atoms with Crippen LogP contribution in [0.25, 0.3) is 81.0 Å². The van der Waals surface area contributed by atoms with Crippen LogP contribution in [0.1, 0.15) is 56.2 Å². The van der Waals surface area contributed by atoms with Gasteiger partial charge in [-0.1, -0.05) is 113 Å². The van der Waals surface area contributed by atoms with Crippen molar-refractivity contribution in [2.24, 2.45) is 0 Å². The van der Waals surface area contributed by atoms with Gasteiger partial charge in [-0.25, -0.2) is 4.85 Å². The lowest BCUT2D eigenvalue weighted by Crippen LogP contribution is -2.10. The molecule has 322 valence electrons. The Bertz CT molecular complexity index is 3920. The second-order valence-corrected chi connectivity index (χ2v) is 18.8. The van der Waals surface area contributed by atoms with Gasteiger partial charge in [0.2, 0.25) is 0 Å². The SMILES string of the molecule is [C-]#[N+]c1ccc(N(c2ccc(C(C)C)cc2)c2ccc3c4cc5c(cc4n4c6ccccc6c2c34)c2ccc(N(c3ccc(C#N)cc3)c3ccc(C(C)C)cc3)c3c4ccccc4n5c23)cc1. The van der Waals surface area contributed by atoms with Crippen LogP contribution in [0.5, 0.6) is 0 Å². The van der Waals surface area contributed by atoms with E-state index in [4.69, 9.17) is 6.57 Å². The molecule has 0 bridgehead atoms. The van der Waals surface area contributed by atoms with Crippen molar-refractivity contribution < 1.29 is 0 Å². The molecular weight excluding hydrogens is 829 g/mol. The monoisotopic (exact) mass is 872 g/mol. The van der Waals surface area contributed by atoms with Crippen LogP contribution in [0.4, 0.5) is 39.8 Å². The van der Waals surface area contributed by atoms with Crippen molar-refractivity contribution in [2.45, 2.75) is 39.5 Å². The van der Waals surface area contributed by atoms with Crippen LogP contribution in [-0.4, -0.2) is 8.80 Å². The summed E-state index contributed by atoms with van der Waals surface area (Å²) in [4.78, 5) is 8.42. The van der Waals surface area contributed by atoms with Gasteiger partial charge in [0.1, 0.15) is 0 Å². The molecule has 0 aliphatic rings. The fourth-order valence-electron chi connectivity index (χ4n) is 11.1. The minimum Gasteiger partial charge on any atom is -0.310 e. The third-order valence-corrected chi connectivity index (χ3v) is 14.4. The van der Waals surface area contributed by atoms with Crippen LogP contribution in [0.2, 0.25) is 0 Å². The van der Waals surface area contributed by atoms with Gasteiger partial charge in [0.05, 0.1) is 62.7 Å². The van der Waals surface area contributed by atoms with Crippen molar-refractivity contribution in [1.29, 1.82) is 5.26 Å². The predicted octanol–water partition coefficient (Wildman–Crippen LogP) is 17.6. The first-order valence-electron chi connectivity index (χ1n) is 23.4. The molecular formula is C62H44N6. The molecule has 4 heterocycles. The van der Waals surface area contributed by atoms with Crippen LogP contribution in [0.15, 0.2) is 182 Å². The first-order chi connectivity index (χ1) is 33.3. The van der Waals surface area contributed by atoms with E-state index in [0.717, 1.165) is 39.6 Å². The van der Waals surface area contributed by atoms with Crippen LogP contribution in [0.3, 0.4) is 0 Å². The largest absolute Gasteiger partial charge is 0.310 e. The smallest absolute Gasteiger partial charge is 0.187 e. The summed E-state index contributed by atoms with van der Waals surface area (Å²) in [6, 6.07) is 67.8. The summed E-state index contributed by atoms with van der Waals surface area (Å²) in [6.45, 7) is 16.6. The van der Waals surface area contributed by atoms with E-state index >= 15 is 0 Å². The maximum Gasteiger partial charge on any atom is 0.187 e. The van der Waals surface area contributed by atoms with E-state index in [0.29, 0.717) is 23.1 Å². The summed E-state index contributed by atoms with van der Waals surface area (Å²) < 4.78 is 4.98. The summed E-state index contributed by atoms with van der Waals surface area (Å²) in [5, 5.41) is 19.3. The summed E-state index contributed by atoms with van der Waals surface area (Å²) in [6.07, 6.45) is 0. The highest BCUT2D eigenvalue weighted by atomic mass is 15.2. The number of benzene rings is 9. The highest BCUT2D eigenvalue weighted by Gasteiger charge is 2.28. The van der Waals surface area contributed by atoms with E-state index in [1.165, 1.54) is 81.8 Å². The quantitative estimate of drug-likeness (QED) is 0.143. The number of nitriles is 1. The van der Waals surface area contributed by atoms with Crippen molar-refractivity contribution in [1.82, 2.24) is 8.80 Å². The average Bonchev–Trinajstić information content (AvgIpc) is 4.11. The van der Waals surface area contributed by atoms with Gasteiger partial charge in [-0.05, 0) is 120 Å². The van der Waals surface area contributed by atoms with Crippen LogP contribution in [-0.2, 0) is 0 Å². The normalized spacial score (nSPS) is 12.1. The number of rotatable bonds is 8. The van der Waals surface area contributed by atoms with Gasteiger partial charge in [0.25, 0.3) is 0 Å².